The molecule has 0 aliphatic carbocycles. The molecule has 0 unspecified atom stereocenters. The molecule has 144 valence electrons. The maximum atomic E-state index is 13.2. The molecule has 0 bridgehead atoms. The Hall–Kier alpha value is -2.95. The van der Waals surface area contributed by atoms with Crippen molar-refractivity contribution >= 4 is 34.0 Å². The number of nitrogens with one attached hydrogen (secondary N) is 1. The summed E-state index contributed by atoms with van der Waals surface area (Å²) in [6.45, 7) is 0. The predicted molar refractivity (Wildman–Crippen MR) is 120 cm³/mol. The second kappa shape index (κ2) is 9.03. The SMILES string of the molecule is O=C(Nc1ncc(Cc2cccc(Cl)c2)s1)C(c1ccccc1)c1ccccc1. The number of nitrogens with zero attached hydrogens (tertiary/aromatic N) is 1. The highest BCUT2D eigenvalue weighted by atomic mass is 35.5. The number of thiazole rings is 1. The average molecular weight is 419 g/mol. The van der Waals surface area contributed by atoms with Crippen molar-refractivity contribution in [1.82, 2.24) is 4.98 Å². The molecule has 0 saturated heterocycles. The zero-order valence-corrected chi connectivity index (χ0v) is 17.2. The molecule has 3 nitrogen and oxygen atoms in total. The number of benzene rings is 3. The largest absolute Gasteiger partial charge is 0.301 e. The first-order valence-electron chi connectivity index (χ1n) is 9.29. The fourth-order valence-electron chi connectivity index (χ4n) is 3.26. The molecule has 1 heterocycles. The van der Waals surface area contributed by atoms with Crippen LogP contribution in [0.15, 0.2) is 91.1 Å². The molecule has 4 rings (SSSR count). The Kier molecular flexibility index (Phi) is 6.03. The molecule has 4 aromatic rings. The number of amides is 1. The first-order valence-corrected chi connectivity index (χ1v) is 10.5. The van der Waals surface area contributed by atoms with E-state index in [0.717, 1.165) is 28.0 Å². The molecule has 0 spiro atoms. The molecular formula is C24H19ClN2OS. The summed E-state index contributed by atoms with van der Waals surface area (Å²) in [6, 6.07) is 27.4. The molecular weight excluding hydrogens is 400 g/mol. The summed E-state index contributed by atoms with van der Waals surface area (Å²) in [7, 11) is 0. The van der Waals surface area contributed by atoms with Crippen molar-refractivity contribution in [3.63, 3.8) is 0 Å². The summed E-state index contributed by atoms with van der Waals surface area (Å²) in [5.41, 5.74) is 3.02. The van der Waals surface area contributed by atoms with Gasteiger partial charge in [-0.3, -0.25) is 4.79 Å². The Labute approximate surface area is 179 Å². The van der Waals surface area contributed by atoms with Crippen molar-refractivity contribution in [1.29, 1.82) is 0 Å². The molecule has 0 fully saturated rings. The lowest BCUT2D eigenvalue weighted by Crippen LogP contribution is -2.22. The normalized spacial score (nSPS) is 10.8. The Morgan fingerprint density at radius 1 is 0.931 bits per heavy atom. The summed E-state index contributed by atoms with van der Waals surface area (Å²) in [6.07, 6.45) is 2.54. The van der Waals surface area contributed by atoms with Crippen LogP contribution in [0.3, 0.4) is 0 Å². The van der Waals surface area contributed by atoms with Crippen molar-refractivity contribution in [3.05, 3.63) is 118 Å². The quantitative estimate of drug-likeness (QED) is 0.407. The van der Waals surface area contributed by atoms with Gasteiger partial charge in [-0.15, -0.1) is 11.3 Å². The lowest BCUT2D eigenvalue weighted by atomic mass is 9.90. The van der Waals surface area contributed by atoms with Gasteiger partial charge in [0.25, 0.3) is 0 Å². The van der Waals surface area contributed by atoms with Gasteiger partial charge in [-0.2, -0.15) is 0 Å². The third-order valence-electron chi connectivity index (χ3n) is 4.58. The number of aromatic nitrogens is 1. The molecule has 1 N–H and O–H groups in total. The molecule has 5 heteroatoms. The topological polar surface area (TPSA) is 42.0 Å². The second-order valence-corrected chi connectivity index (χ2v) is 8.23. The standard InChI is InChI=1S/C24H19ClN2OS/c25-20-13-7-8-17(14-20)15-21-16-26-24(29-21)27-23(28)22(18-9-3-1-4-10-18)19-11-5-2-6-12-19/h1-14,16,22H,15H2,(H,26,27,28). The second-order valence-electron chi connectivity index (χ2n) is 6.68. The number of rotatable bonds is 6. The van der Waals surface area contributed by atoms with Gasteiger partial charge in [0, 0.05) is 22.5 Å². The van der Waals surface area contributed by atoms with Crippen molar-refractivity contribution in [2.45, 2.75) is 12.3 Å². The van der Waals surface area contributed by atoms with E-state index in [0.29, 0.717) is 10.2 Å². The molecule has 0 saturated carbocycles. The van der Waals surface area contributed by atoms with Crippen LogP contribution in [0, 0.1) is 0 Å². The lowest BCUT2D eigenvalue weighted by molar-refractivity contribution is -0.116. The summed E-state index contributed by atoms with van der Waals surface area (Å²) >= 11 is 7.55. The van der Waals surface area contributed by atoms with Gasteiger partial charge in [0.05, 0.1) is 5.92 Å². The number of carbonyl (C=O) groups excluding carboxylic acids is 1. The third-order valence-corrected chi connectivity index (χ3v) is 5.73. The van der Waals surface area contributed by atoms with Gasteiger partial charge in [0.15, 0.2) is 5.13 Å². The molecule has 0 aliphatic rings. The van der Waals surface area contributed by atoms with Gasteiger partial charge in [-0.25, -0.2) is 4.98 Å². The van der Waals surface area contributed by atoms with Gasteiger partial charge in [0.1, 0.15) is 0 Å². The summed E-state index contributed by atoms with van der Waals surface area (Å²) in [5, 5.41) is 4.32. The maximum Gasteiger partial charge on any atom is 0.238 e. The van der Waals surface area contributed by atoms with Gasteiger partial charge in [0.2, 0.25) is 5.91 Å². The fourth-order valence-corrected chi connectivity index (χ4v) is 4.32. The van der Waals surface area contributed by atoms with Crippen LogP contribution in [-0.4, -0.2) is 10.9 Å². The highest BCUT2D eigenvalue weighted by Crippen LogP contribution is 2.28. The fraction of sp³-hybridized carbons (Fsp3) is 0.0833. The zero-order chi connectivity index (χ0) is 20.1. The van der Waals surface area contributed by atoms with Crippen LogP contribution in [-0.2, 0) is 11.2 Å². The maximum absolute atomic E-state index is 13.2. The van der Waals surface area contributed by atoms with Crippen LogP contribution in [0.4, 0.5) is 5.13 Å². The lowest BCUT2D eigenvalue weighted by Gasteiger charge is -2.17. The average Bonchev–Trinajstić information content (AvgIpc) is 3.16. The monoisotopic (exact) mass is 418 g/mol. The van der Waals surface area contributed by atoms with E-state index in [-0.39, 0.29) is 5.91 Å². The first kappa shape index (κ1) is 19.4. The smallest absolute Gasteiger partial charge is 0.238 e. The number of hydrogen-bond acceptors (Lipinski definition) is 3. The summed E-state index contributed by atoms with van der Waals surface area (Å²) in [5.74, 6) is -0.483. The van der Waals surface area contributed by atoms with Crippen LogP contribution >= 0.6 is 22.9 Å². The number of carbonyl (C=O) groups is 1. The summed E-state index contributed by atoms with van der Waals surface area (Å²) in [4.78, 5) is 18.6. The first-order chi connectivity index (χ1) is 14.2. The van der Waals surface area contributed by atoms with E-state index in [9.17, 15) is 4.79 Å². The number of anilines is 1. The minimum atomic E-state index is -0.391. The highest BCUT2D eigenvalue weighted by Gasteiger charge is 2.23. The predicted octanol–water partition coefficient (Wildman–Crippen LogP) is 6.16. The third kappa shape index (κ3) is 4.91. The molecule has 0 atom stereocenters. The van der Waals surface area contributed by atoms with Gasteiger partial charge < -0.3 is 5.32 Å². The Balaban J connectivity index is 1.53. The minimum Gasteiger partial charge on any atom is -0.301 e. The molecule has 1 aromatic heterocycles. The molecule has 0 aliphatic heterocycles. The summed E-state index contributed by atoms with van der Waals surface area (Å²) < 4.78 is 0. The van der Waals surface area contributed by atoms with E-state index in [4.69, 9.17) is 11.6 Å². The van der Waals surface area contributed by atoms with E-state index in [1.807, 2.05) is 84.9 Å². The molecule has 29 heavy (non-hydrogen) atoms. The van der Waals surface area contributed by atoms with Crippen molar-refractivity contribution in [2.24, 2.45) is 0 Å². The van der Waals surface area contributed by atoms with Crippen LogP contribution in [0.25, 0.3) is 0 Å². The number of hydrogen-bond donors (Lipinski definition) is 1. The highest BCUT2D eigenvalue weighted by molar-refractivity contribution is 7.15. The number of halogens is 1. The van der Waals surface area contributed by atoms with Crippen LogP contribution in [0.5, 0.6) is 0 Å². The van der Waals surface area contributed by atoms with E-state index in [2.05, 4.69) is 10.3 Å². The van der Waals surface area contributed by atoms with Crippen molar-refractivity contribution in [3.8, 4) is 0 Å². The van der Waals surface area contributed by atoms with Crippen LogP contribution < -0.4 is 5.32 Å². The molecule has 3 aromatic carbocycles. The van der Waals surface area contributed by atoms with E-state index >= 15 is 0 Å². The molecule has 1 amide bonds. The van der Waals surface area contributed by atoms with Gasteiger partial charge in [-0.1, -0.05) is 84.4 Å². The Morgan fingerprint density at radius 2 is 1.59 bits per heavy atom. The Bertz CT molecular complexity index is 1060. The van der Waals surface area contributed by atoms with E-state index in [1.54, 1.807) is 6.20 Å². The van der Waals surface area contributed by atoms with E-state index in [1.165, 1.54) is 11.3 Å². The van der Waals surface area contributed by atoms with Gasteiger partial charge >= 0.3 is 0 Å². The van der Waals surface area contributed by atoms with Gasteiger partial charge in [-0.05, 0) is 28.8 Å². The van der Waals surface area contributed by atoms with Crippen molar-refractivity contribution in [2.75, 3.05) is 5.32 Å². The molecule has 0 radical (unpaired) electrons. The minimum absolute atomic E-state index is 0.0916. The van der Waals surface area contributed by atoms with Crippen LogP contribution in [0.2, 0.25) is 5.02 Å². The Morgan fingerprint density at radius 3 is 2.21 bits per heavy atom. The van der Waals surface area contributed by atoms with Crippen LogP contribution in [0.1, 0.15) is 27.5 Å². The van der Waals surface area contributed by atoms with E-state index < -0.39 is 5.92 Å². The zero-order valence-electron chi connectivity index (χ0n) is 15.6. The van der Waals surface area contributed by atoms with Crippen molar-refractivity contribution < 1.29 is 4.79 Å².